The number of carbonyl (C=O) groups is 2. The molecule has 114 valence electrons. The van der Waals surface area contributed by atoms with Crippen LogP contribution in [0.5, 0.6) is 0 Å². The quantitative estimate of drug-likeness (QED) is 0.927. The fourth-order valence-electron chi connectivity index (χ4n) is 3.21. The zero-order valence-corrected chi connectivity index (χ0v) is 12.7. The summed E-state index contributed by atoms with van der Waals surface area (Å²) < 4.78 is 0. The van der Waals surface area contributed by atoms with Crippen LogP contribution in [0.15, 0.2) is 24.3 Å². The monoisotopic (exact) mass is 289 g/mol. The highest BCUT2D eigenvalue weighted by atomic mass is 16.4. The van der Waals surface area contributed by atoms with Gasteiger partial charge in [0.2, 0.25) is 5.91 Å². The van der Waals surface area contributed by atoms with E-state index in [1.165, 1.54) is 6.42 Å². The number of carboxylic acids is 1. The van der Waals surface area contributed by atoms with Gasteiger partial charge in [-0.2, -0.15) is 0 Å². The van der Waals surface area contributed by atoms with Crippen molar-refractivity contribution in [3.63, 3.8) is 0 Å². The third-order valence-corrected chi connectivity index (χ3v) is 4.08. The van der Waals surface area contributed by atoms with Crippen LogP contribution in [0.2, 0.25) is 0 Å². The maximum absolute atomic E-state index is 12.3. The second-order valence-electron chi connectivity index (χ2n) is 6.21. The van der Waals surface area contributed by atoms with Gasteiger partial charge >= 0.3 is 5.97 Å². The maximum Gasteiger partial charge on any atom is 0.335 e. The molecule has 1 aliphatic heterocycles. The molecule has 2 rings (SSSR count). The van der Waals surface area contributed by atoms with E-state index in [1.54, 1.807) is 18.2 Å². The van der Waals surface area contributed by atoms with E-state index in [0.29, 0.717) is 30.2 Å². The van der Waals surface area contributed by atoms with Gasteiger partial charge in [-0.1, -0.05) is 32.0 Å². The Labute approximate surface area is 125 Å². The van der Waals surface area contributed by atoms with Crippen LogP contribution in [0.25, 0.3) is 0 Å². The average molecular weight is 289 g/mol. The molecule has 0 bridgehead atoms. The molecule has 1 aromatic rings. The number of nitrogens with zero attached hydrogens (tertiary/aromatic N) is 1. The standard InChI is InChI=1S/C17H23NO3/c1-12-9-13(2)11-18(10-12)16(19)8-7-14-5-3-4-6-15(14)17(20)21/h3-6,12-13H,7-11H2,1-2H3,(H,20,21). The van der Waals surface area contributed by atoms with E-state index in [1.807, 2.05) is 11.0 Å². The molecule has 0 aromatic heterocycles. The van der Waals surface area contributed by atoms with Crippen molar-refractivity contribution in [1.29, 1.82) is 0 Å². The fraction of sp³-hybridized carbons (Fsp3) is 0.529. The molecule has 4 nitrogen and oxygen atoms in total. The maximum atomic E-state index is 12.3. The minimum absolute atomic E-state index is 0.133. The van der Waals surface area contributed by atoms with Crippen LogP contribution in [-0.2, 0) is 11.2 Å². The molecule has 0 aliphatic carbocycles. The lowest BCUT2D eigenvalue weighted by Gasteiger charge is -2.35. The molecule has 1 heterocycles. The highest BCUT2D eigenvalue weighted by Crippen LogP contribution is 2.22. The molecule has 4 heteroatoms. The first-order chi connectivity index (χ1) is 9.97. The summed E-state index contributed by atoms with van der Waals surface area (Å²) in [6.45, 7) is 6.00. The molecule has 1 saturated heterocycles. The van der Waals surface area contributed by atoms with Crippen molar-refractivity contribution in [3.8, 4) is 0 Å². The van der Waals surface area contributed by atoms with Crippen molar-refractivity contribution in [1.82, 2.24) is 4.90 Å². The molecular formula is C17H23NO3. The van der Waals surface area contributed by atoms with Crippen molar-refractivity contribution in [2.24, 2.45) is 11.8 Å². The van der Waals surface area contributed by atoms with E-state index in [2.05, 4.69) is 13.8 Å². The number of benzene rings is 1. The Hall–Kier alpha value is -1.84. The van der Waals surface area contributed by atoms with E-state index in [-0.39, 0.29) is 5.91 Å². The first-order valence-electron chi connectivity index (χ1n) is 7.56. The normalized spacial score (nSPS) is 22.1. The number of aromatic carboxylic acids is 1. The molecule has 1 amide bonds. The zero-order chi connectivity index (χ0) is 15.4. The second kappa shape index (κ2) is 6.74. The summed E-state index contributed by atoms with van der Waals surface area (Å²) in [5, 5.41) is 9.15. The topological polar surface area (TPSA) is 57.6 Å². The van der Waals surface area contributed by atoms with Gasteiger partial charge in [0.15, 0.2) is 0 Å². The van der Waals surface area contributed by atoms with Gasteiger partial charge in [-0.15, -0.1) is 0 Å². The smallest absolute Gasteiger partial charge is 0.335 e. The number of piperidine rings is 1. The number of amides is 1. The van der Waals surface area contributed by atoms with E-state index in [0.717, 1.165) is 18.7 Å². The minimum Gasteiger partial charge on any atom is -0.478 e. The average Bonchev–Trinajstić information content (AvgIpc) is 2.43. The molecule has 2 atom stereocenters. The Morgan fingerprint density at radius 1 is 1.19 bits per heavy atom. The molecule has 1 aliphatic rings. The Kier molecular flexibility index (Phi) is 4.99. The van der Waals surface area contributed by atoms with Crippen LogP contribution < -0.4 is 0 Å². The molecule has 21 heavy (non-hydrogen) atoms. The van der Waals surface area contributed by atoms with Crippen molar-refractivity contribution in [3.05, 3.63) is 35.4 Å². The van der Waals surface area contributed by atoms with Crippen LogP contribution in [0.3, 0.4) is 0 Å². The van der Waals surface area contributed by atoms with E-state index in [9.17, 15) is 9.59 Å². The number of carboxylic acid groups (broad SMARTS) is 1. The van der Waals surface area contributed by atoms with Crippen LogP contribution >= 0.6 is 0 Å². The van der Waals surface area contributed by atoms with Gasteiger partial charge in [-0.25, -0.2) is 4.79 Å². The minimum atomic E-state index is -0.932. The summed E-state index contributed by atoms with van der Waals surface area (Å²) in [7, 11) is 0. The van der Waals surface area contributed by atoms with E-state index in [4.69, 9.17) is 5.11 Å². The van der Waals surface area contributed by atoms with Crippen molar-refractivity contribution >= 4 is 11.9 Å². The van der Waals surface area contributed by atoms with Gasteiger partial charge in [-0.3, -0.25) is 4.79 Å². The van der Waals surface area contributed by atoms with Crippen LogP contribution in [-0.4, -0.2) is 35.0 Å². The van der Waals surface area contributed by atoms with Gasteiger partial charge in [0, 0.05) is 19.5 Å². The predicted octanol–water partition coefficient (Wildman–Crippen LogP) is 2.82. The van der Waals surface area contributed by atoms with Crippen LogP contribution in [0, 0.1) is 11.8 Å². The molecule has 1 N–H and O–H groups in total. The summed E-state index contributed by atoms with van der Waals surface area (Å²) in [4.78, 5) is 25.4. The molecule has 1 aromatic carbocycles. The summed E-state index contributed by atoms with van der Waals surface area (Å²) in [6.07, 6.45) is 2.04. The molecule has 0 radical (unpaired) electrons. The summed E-state index contributed by atoms with van der Waals surface area (Å²) in [6, 6.07) is 6.91. The van der Waals surface area contributed by atoms with Crippen molar-refractivity contribution < 1.29 is 14.7 Å². The molecule has 1 fully saturated rings. The lowest BCUT2D eigenvalue weighted by Crippen LogP contribution is -2.42. The van der Waals surface area contributed by atoms with Gasteiger partial charge in [0.1, 0.15) is 0 Å². The Bertz CT molecular complexity index is 517. The first kappa shape index (κ1) is 15.5. The summed E-state index contributed by atoms with van der Waals surface area (Å²) in [5.74, 6) is 0.292. The lowest BCUT2D eigenvalue weighted by atomic mass is 9.91. The summed E-state index contributed by atoms with van der Waals surface area (Å²) in [5.41, 5.74) is 1.03. The number of hydrogen-bond donors (Lipinski definition) is 1. The van der Waals surface area contributed by atoms with Gasteiger partial charge < -0.3 is 10.0 Å². The van der Waals surface area contributed by atoms with Gasteiger partial charge in [-0.05, 0) is 36.3 Å². The van der Waals surface area contributed by atoms with Crippen molar-refractivity contribution in [2.75, 3.05) is 13.1 Å². The highest BCUT2D eigenvalue weighted by Gasteiger charge is 2.25. The van der Waals surface area contributed by atoms with E-state index < -0.39 is 5.97 Å². The number of rotatable bonds is 4. The second-order valence-corrected chi connectivity index (χ2v) is 6.21. The number of carbonyl (C=O) groups excluding carboxylic acids is 1. The number of likely N-dealkylation sites (tertiary alicyclic amines) is 1. The van der Waals surface area contributed by atoms with Gasteiger partial charge in [0.25, 0.3) is 0 Å². The number of hydrogen-bond acceptors (Lipinski definition) is 2. The molecule has 0 spiro atoms. The van der Waals surface area contributed by atoms with Crippen molar-refractivity contribution in [2.45, 2.75) is 33.1 Å². The number of aryl methyl sites for hydroxylation is 1. The first-order valence-corrected chi connectivity index (χ1v) is 7.56. The third kappa shape index (κ3) is 4.06. The Morgan fingerprint density at radius 3 is 2.43 bits per heavy atom. The summed E-state index contributed by atoms with van der Waals surface area (Å²) >= 11 is 0. The SMILES string of the molecule is CC1CC(C)CN(C(=O)CCc2ccccc2C(=O)O)C1. The largest absolute Gasteiger partial charge is 0.478 e. The zero-order valence-electron chi connectivity index (χ0n) is 12.7. The Balaban J connectivity index is 1.97. The fourth-order valence-corrected chi connectivity index (χ4v) is 3.21. The van der Waals surface area contributed by atoms with E-state index >= 15 is 0 Å². The lowest BCUT2D eigenvalue weighted by molar-refractivity contribution is -0.133. The van der Waals surface area contributed by atoms with Crippen LogP contribution in [0.1, 0.15) is 42.6 Å². The molecule has 0 saturated carbocycles. The molecule has 2 unspecified atom stereocenters. The highest BCUT2D eigenvalue weighted by molar-refractivity contribution is 5.89. The predicted molar refractivity (Wildman–Crippen MR) is 81.2 cm³/mol. The molecular weight excluding hydrogens is 266 g/mol. The van der Waals surface area contributed by atoms with Gasteiger partial charge in [0.05, 0.1) is 5.56 Å². The third-order valence-electron chi connectivity index (χ3n) is 4.08. The Morgan fingerprint density at radius 2 is 1.81 bits per heavy atom. The van der Waals surface area contributed by atoms with Crippen LogP contribution in [0.4, 0.5) is 0 Å².